The lowest BCUT2D eigenvalue weighted by atomic mass is 10.1. The molecule has 1 aromatic carbocycles. The van der Waals surface area contributed by atoms with E-state index >= 15 is 0 Å². The molecule has 2 aromatic rings. The van der Waals surface area contributed by atoms with Crippen LogP contribution in [-0.4, -0.2) is 22.2 Å². The number of nitrogens with one attached hydrogen (secondary N) is 1. The minimum absolute atomic E-state index is 0.171. The Hall–Kier alpha value is -2.01. The summed E-state index contributed by atoms with van der Waals surface area (Å²) in [6, 6.07) is 5.45. The third-order valence-corrected chi connectivity index (χ3v) is 3.91. The second kappa shape index (κ2) is 7.51. The van der Waals surface area contributed by atoms with E-state index in [0.29, 0.717) is 18.2 Å². The van der Waals surface area contributed by atoms with Crippen LogP contribution < -0.4 is 10.1 Å². The van der Waals surface area contributed by atoms with Crippen molar-refractivity contribution >= 4 is 17.5 Å². The fourth-order valence-corrected chi connectivity index (χ4v) is 2.18. The molecule has 0 aliphatic carbocycles. The first-order chi connectivity index (χ1) is 10.9. The molecule has 0 bridgehead atoms. The maximum absolute atomic E-state index is 11.9. The van der Waals surface area contributed by atoms with Gasteiger partial charge >= 0.3 is 0 Å². The molecule has 0 unspecified atom stereocenters. The second-order valence-corrected chi connectivity index (χ2v) is 6.37. The van der Waals surface area contributed by atoms with Gasteiger partial charge in [0.25, 0.3) is 5.91 Å². The summed E-state index contributed by atoms with van der Waals surface area (Å²) in [6.45, 7) is 8.83. The largest absolute Gasteiger partial charge is 0.471 e. The Morgan fingerprint density at radius 2 is 2.00 bits per heavy atom. The molecule has 0 radical (unpaired) electrons. The van der Waals surface area contributed by atoms with Crippen LogP contribution in [0.4, 0.5) is 0 Å². The number of aryl methyl sites for hydroxylation is 2. The van der Waals surface area contributed by atoms with Crippen LogP contribution in [0.15, 0.2) is 24.4 Å². The van der Waals surface area contributed by atoms with E-state index in [0.717, 1.165) is 21.9 Å². The zero-order chi connectivity index (χ0) is 17.0. The summed E-state index contributed by atoms with van der Waals surface area (Å²) in [7, 11) is 0. The highest BCUT2D eigenvalue weighted by Crippen LogP contribution is 2.25. The van der Waals surface area contributed by atoms with E-state index < -0.39 is 0 Å². The fraction of sp³-hybridized carbons (Fsp3) is 0.412. The van der Waals surface area contributed by atoms with Crippen LogP contribution in [0.25, 0.3) is 0 Å². The molecular weight excluding hydrogens is 314 g/mol. The maximum atomic E-state index is 11.9. The first kappa shape index (κ1) is 17.3. The Morgan fingerprint density at radius 1 is 1.35 bits per heavy atom. The quantitative estimate of drug-likeness (QED) is 0.878. The standard InChI is InChI=1S/C17H22ClN3O2/c1-11(2)9-19-17(22)15-5-6-21(20-15)10-23-14-7-12(3)16(18)13(4)8-14/h5-8,11H,9-10H2,1-4H3,(H,19,22). The lowest BCUT2D eigenvalue weighted by Gasteiger charge is -2.10. The molecule has 6 heteroatoms. The molecule has 0 atom stereocenters. The summed E-state index contributed by atoms with van der Waals surface area (Å²) >= 11 is 6.14. The predicted octanol–water partition coefficient (Wildman–Crippen LogP) is 3.58. The summed E-state index contributed by atoms with van der Waals surface area (Å²) in [5, 5.41) is 7.81. The zero-order valence-electron chi connectivity index (χ0n) is 13.9. The van der Waals surface area contributed by atoms with Gasteiger partial charge in [0.1, 0.15) is 11.4 Å². The van der Waals surface area contributed by atoms with Gasteiger partial charge in [-0.3, -0.25) is 4.79 Å². The van der Waals surface area contributed by atoms with E-state index in [1.165, 1.54) is 0 Å². The lowest BCUT2D eigenvalue weighted by molar-refractivity contribution is 0.0942. The van der Waals surface area contributed by atoms with Gasteiger partial charge in [-0.15, -0.1) is 0 Å². The number of amides is 1. The van der Waals surface area contributed by atoms with E-state index in [2.05, 4.69) is 10.4 Å². The van der Waals surface area contributed by atoms with Gasteiger partial charge in [-0.1, -0.05) is 25.4 Å². The van der Waals surface area contributed by atoms with Gasteiger partial charge in [0, 0.05) is 17.8 Å². The molecule has 1 heterocycles. The van der Waals surface area contributed by atoms with Gasteiger partial charge in [-0.2, -0.15) is 5.10 Å². The molecule has 0 spiro atoms. The monoisotopic (exact) mass is 335 g/mol. The smallest absolute Gasteiger partial charge is 0.271 e. The fourth-order valence-electron chi connectivity index (χ4n) is 2.07. The number of ether oxygens (including phenoxy) is 1. The molecular formula is C17H22ClN3O2. The van der Waals surface area contributed by atoms with Gasteiger partial charge in [0.2, 0.25) is 0 Å². The third kappa shape index (κ3) is 4.73. The van der Waals surface area contributed by atoms with Crippen LogP contribution in [0, 0.1) is 19.8 Å². The highest BCUT2D eigenvalue weighted by molar-refractivity contribution is 6.32. The summed E-state index contributed by atoms with van der Waals surface area (Å²) in [6.07, 6.45) is 1.72. The van der Waals surface area contributed by atoms with E-state index in [9.17, 15) is 4.79 Å². The number of aromatic nitrogens is 2. The van der Waals surface area contributed by atoms with Crippen molar-refractivity contribution in [3.8, 4) is 5.75 Å². The number of halogens is 1. The molecule has 23 heavy (non-hydrogen) atoms. The van der Waals surface area contributed by atoms with Crippen molar-refractivity contribution in [3.05, 3.63) is 46.2 Å². The Balaban J connectivity index is 1.96. The van der Waals surface area contributed by atoms with E-state index in [1.54, 1.807) is 16.9 Å². The molecule has 5 nitrogen and oxygen atoms in total. The summed E-state index contributed by atoms with van der Waals surface area (Å²) in [5.41, 5.74) is 2.32. The highest BCUT2D eigenvalue weighted by Gasteiger charge is 2.10. The van der Waals surface area contributed by atoms with Crippen LogP contribution in [0.2, 0.25) is 5.02 Å². The third-order valence-electron chi connectivity index (χ3n) is 3.32. The molecule has 1 amide bonds. The Morgan fingerprint density at radius 3 is 2.61 bits per heavy atom. The molecule has 0 fully saturated rings. The van der Waals surface area contributed by atoms with E-state index in [4.69, 9.17) is 16.3 Å². The average Bonchev–Trinajstić information content (AvgIpc) is 2.97. The first-order valence-corrected chi connectivity index (χ1v) is 7.96. The van der Waals surface area contributed by atoms with Crippen molar-refractivity contribution in [1.82, 2.24) is 15.1 Å². The van der Waals surface area contributed by atoms with Gasteiger partial charge < -0.3 is 10.1 Å². The molecule has 124 valence electrons. The summed E-state index contributed by atoms with van der Waals surface area (Å²) in [4.78, 5) is 11.9. The SMILES string of the molecule is Cc1cc(OCn2ccc(C(=O)NCC(C)C)n2)cc(C)c1Cl. The Bertz CT molecular complexity index is 672. The molecule has 2 rings (SSSR count). The molecule has 1 N–H and O–H groups in total. The van der Waals surface area contributed by atoms with Crippen LogP contribution in [0.3, 0.4) is 0 Å². The molecule has 1 aromatic heterocycles. The molecule has 0 aliphatic rings. The zero-order valence-corrected chi connectivity index (χ0v) is 14.6. The number of carbonyl (C=O) groups excluding carboxylic acids is 1. The van der Waals surface area contributed by atoms with Gasteiger partial charge in [-0.05, 0) is 49.1 Å². The van der Waals surface area contributed by atoms with Crippen LogP contribution in [-0.2, 0) is 6.73 Å². The number of nitrogens with zero attached hydrogens (tertiary/aromatic N) is 2. The number of hydrogen-bond acceptors (Lipinski definition) is 3. The number of carbonyl (C=O) groups is 1. The van der Waals surface area contributed by atoms with Crippen molar-refractivity contribution in [3.63, 3.8) is 0 Å². The maximum Gasteiger partial charge on any atom is 0.271 e. The summed E-state index contributed by atoms with van der Waals surface area (Å²) < 4.78 is 7.30. The highest BCUT2D eigenvalue weighted by atomic mass is 35.5. The normalized spacial score (nSPS) is 10.9. The average molecular weight is 336 g/mol. The van der Waals surface area contributed by atoms with E-state index in [1.807, 2.05) is 39.8 Å². The minimum Gasteiger partial charge on any atom is -0.471 e. The molecule has 0 saturated heterocycles. The second-order valence-electron chi connectivity index (χ2n) is 5.99. The van der Waals surface area contributed by atoms with Gasteiger partial charge in [-0.25, -0.2) is 4.68 Å². The number of rotatable bonds is 6. The topological polar surface area (TPSA) is 56.1 Å². The minimum atomic E-state index is -0.171. The van der Waals surface area contributed by atoms with E-state index in [-0.39, 0.29) is 12.6 Å². The lowest BCUT2D eigenvalue weighted by Crippen LogP contribution is -2.27. The Labute approximate surface area is 141 Å². The van der Waals surface area contributed by atoms with Crippen molar-refractivity contribution in [2.45, 2.75) is 34.4 Å². The molecule has 0 aliphatic heterocycles. The summed E-state index contributed by atoms with van der Waals surface area (Å²) in [5.74, 6) is 0.960. The Kier molecular flexibility index (Phi) is 5.66. The van der Waals surface area contributed by atoms with Crippen LogP contribution in [0.5, 0.6) is 5.75 Å². The van der Waals surface area contributed by atoms with Gasteiger partial charge in [0.05, 0.1) is 0 Å². The first-order valence-electron chi connectivity index (χ1n) is 7.58. The van der Waals surface area contributed by atoms with Crippen molar-refractivity contribution in [1.29, 1.82) is 0 Å². The predicted molar refractivity (Wildman–Crippen MR) is 91.0 cm³/mol. The van der Waals surface area contributed by atoms with Crippen LogP contribution >= 0.6 is 11.6 Å². The van der Waals surface area contributed by atoms with Crippen molar-refractivity contribution in [2.75, 3.05) is 6.54 Å². The van der Waals surface area contributed by atoms with Crippen molar-refractivity contribution in [2.24, 2.45) is 5.92 Å². The van der Waals surface area contributed by atoms with Crippen LogP contribution in [0.1, 0.15) is 35.5 Å². The molecule has 0 saturated carbocycles. The number of hydrogen-bond donors (Lipinski definition) is 1. The number of benzene rings is 1. The van der Waals surface area contributed by atoms with Crippen molar-refractivity contribution < 1.29 is 9.53 Å². The van der Waals surface area contributed by atoms with Gasteiger partial charge in [0.15, 0.2) is 6.73 Å².